The van der Waals surface area contributed by atoms with Crippen molar-refractivity contribution in [2.24, 2.45) is 5.73 Å². The third-order valence-electron chi connectivity index (χ3n) is 3.20. The number of benzene rings is 1. The molecule has 1 saturated heterocycles. The Kier molecular flexibility index (Phi) is 4.03. The van der Waals surface area contributed by atoms with Gasteiger partial charge in [-0.2, -0.15) is 0 Å². The molecule has 0 spiro atoms. The number of carboxylic acid groups (broad SMARTS) is 1. The molecule has 9 heteroatoms. The average Bonchev–Trinajstić information content (AvgIpc) is 2.46. The number of amides is 1. The number of anilines is 1. The molecule has 0 bridgehead atoms. The van der Waals surface area contributed by atoms with Crippen molar-refractivity contribution in [3.63, 3.8) is 0 Å². The number of carbonyl (C=O) groups is 2. The summed E-state index contributed by atoms with van der Waals surface area (Å²) >= 11 is 0. The summed E-state index contributed by atoms with van der Waals surface area (Å²) in [6, 6.07) is 2.94. The van der Waals surface area contributed by atoms with E-state index >= 15 is 0 Å². The van der Waals surface area contributed by atoms with Gasteiger partial charge in [0.25, 0.3) is 5.69 Å². The molecule has 0 radical (unpaired) electrons. The van der Waals surface area contributed by atoms with Gasteiger partial charge in [0.1, 0.15) is 11.6 Å². The molecular formula is C12H13N3O6. The van der Waals surface area contributed by atoms with Crippen molar-refractivity contribution in [2.45, 2.75) is 6.04 Å². The highest BCUT2D eigenvalue weighted by Crippen LogP contribution is 2.28. The van der Waals surface area contributed by atoms with Crippen LogP contribution >= 0.6 is 0 Å². The lowest BCUT2D eigenvalue weighted by Crippen LogP contribution is -2.52. The predicted octanol–water partition coefficient (Wildman–Crippen LogP) is -0.0165. The van der Waals surface area contributed by atoms with E-state index in [9.17, 15) is 19.7 Å². The number of carboxylic acids is 1. The largest absolute Gasteiger partial charge is 0.477 e. The first kappa shape index (κ1) is 14.7. The fourth-order valence-corrected chi connectivity index (χ4v) is 2.18. The number of hydrogen-bond acceptors (Lipinski definition) is 6. The first-order valence-corrected chi connectivity index (χ1v) is 6.07. The van der Waals surface area contributed by atoms with Crippen molar-refractivity contribution in [2.75, 3.05) is 24.7 Å². The van der Waals surface area contributed by atoms with Gasteiger partial charge < -0.3 is 20.5 Å². The minimum absolute atomic E-state index is 0.0871. The van der Waals surface area contributed by atoms with Crippen molar-refractivity contribution in [1.82, 2.24) is 0 Å². The molecule has 1 atom stereocenters. The first-order chi connectivity index (χ1) is 9.91. The molecule has 1 aliphatic rings. The van der Waals surface area contributed by atoms with E-state index in [4.69, 9.17) is 15.6 Å². The number of primary amides is 1. The molecule has 2 rings (SSSR count). The quantitative estimate of drug-likeness (QED) is 0.588. The molecule has 1 fully saturated rings. The number of aromatic carboxylic acids is 1. The minimum Gasteiger partial charge on any atom is -0.477 e. The second-order valence-electron chi connectivity index (χ2n) is 4.45. The molecule has 1 aromatic carbocycles. The van der Waals surface area contributed by atoms with E-state index in [2.05, 4.69) is 0 Å². The summed E-state index contributed by atoms with van der Waals surface area (Å²) in [5.41, 5.74) is 4.70. The third-order valence-corrected chi connectivity index (χ3v) is 3.20. The summed E-state index contributed by atoms with van der Waals surface area (Å²) in [5, 5.41) is 19.9. The highest BCUT2D eigenvalue weighted by atomic mass is 16.6. The number of hydrogen-bond donors (Lipinski definition) is 2. The topological polar surface area (TPSA) is 136 Å². The Bertz CT molecular complexity index is 603. The SMILES string of the molecule is NC(=O)C1COCCN1c1ccc(C(=O)O)c([N+](=O)[O-])c1. The second-order valence-corrected chi connectivity index (χ2v) is 4.45. The van der Waals surface area contributed by atoms with E-state index < -0.39 is 34.1 Å². The van der Waals surface area contributed by atoms with Gasteiger partial charge in [-0.25, -0.2) is 4.79 Å². The van der Waals surface area contributed by atoms with Crippen LogP contribution in [-0.4, -0.2) is 47.7 Å². The summed E-state index contributed by atoms with van der Waals surface area (Å²) in [6.07, 6.45) is 0. The molecule has 1 aliphatic heterocycles. The van der Waals surface area contributed by atoms with E-state index in [0.717, 1.165) is 12.1 Å². The van der Waals surface area contributed by atoms with E-state index in [-0.39, 0.29) is 6.61 Å². The fourth-order valence-electron chi connectivity index (χ4n) is 2.18. The average molecular weight is 295 g/mol. The number of nitro benzene ring substituents is 1. The normalized spacial score (nSPS) is 18.3. The van der Waals surface area contributed by atoms with Gasteiger partial charge in [-0.15, -0.1) is 0 Å². The zero-order valence-electron chi connectivity index (χ0n) is 10.9. The van der Waals surface area contributed by atoms with Crippen molar-refractivity contribution >= 4 is 23.3 Å². The van der Waals surface area contributed by atoms with Crippen molar-refractivity contribution in [3.05, 3.63) is 33.9 Å². The minimum atomic E-state index is -1.39. The number of ether oxygens (including phenoxy) is 1. The Morgan fingerprint density at radius 2 is 2.19 bits per heavy atom. The molecule has 1 amide bonds. The summed E-state index contributed by atoms with van der Waals surface area (Å²) < 4.78 is 5.16. The molecule has 112 valence electrons. The van der Waals surface area contributed by atoms with Crippen LogP contribution in [0.25, 0.3) is 0 Å². The zero-order valence-corrected chi connectivity index (χ0v) is 10.9. The van der Waals surface area contributed by atoms with Crippen LogP contribution in [0.15, 0.2) is 18.2 Å². The van der Waals surface area contributed by atoms with Crippen molar-refractivity contribution in [1.29, 1.82) is 0 Å². The Morgan fingerprint density at radius 1 is 1.48 bits per heavy atom. The summed E-state index contributed by atoms with van der Waals surface area (Å²) in [7, 11) is 0. The van der Waals surface area contributed by atoms with Crippen LogP contribution in [0, 0.1) is 10.1 Å². The predicted molar refractivity (Wildman–Crippen MR) is 71.2 cm³/mol. The standard InChI is InChI=1S/C12H13N3O6/c13-11(16)10-6-21-4-3-14(10)7-1-2-8(12(17)18)9(5-7)15(19)20/h1-2,5,10H,3-4,6H2,(H2,13,16)(H,17,18). The molecule has 21 heavy (non-hydrogen) atoms. The maximum Gasteiger partial charge on any atom is 0.342 e. The number of nitrogens with two attached hydrogens (primary N) is 1. The maximum atomic E-state index is 11.4. The fraction of sp³-hybridized carbons (Fsp3) is 0.333. The maximum absolute atomic E-state index is 11.4. The molecule has 0 saturated carbocycles. The molecule has 1 aromatic rings. The van der Waals surface area contributed by atoms with Crippen LogP contribution in [0.1, 0.15) is 10.4 Å². The zero-order chi connectivity index (χ0) is 15.6. The van der Waals surface area contributed by atoms with Gasteiger partial charge in [-0.05, 0) is 12.1 Å². The molecule has 0 aromatic heterocycles. The first-order valence-electron chi connectivity index (χ1n) is 6.07. The molecule has 3 N–H and O–H groups in total. The number of rotatable bonds is 4. The van der Waals surface area contributed by atoms with E-state index in [1.807, 2.05) is 0 Å². The molecular weight excluding hydrogens is 282 g/mol. The van der Waals surface area contributed by atoms with Gasteiger partial charge in [0.15, 0.2) is 0 Å². The lowest BCUT2D eigenvalue weighted by Gasteiger charge is -2.35. The van der Waals surface area contributed by atoms with Crippen LogP contribution in [0.5, 0.6) is 0 Å². The molecule has 0 aliphatic carbocycles. The van der Waals surface area contributed by atoms with Crippen LogP contribution in [0.4, 0.5) is 11.4 Å². The van der Waals surface area contributed by atoms with Gasteiger partial charge in [0, 0.05) is 18.3 Å². The van der Waals surface area contributed by atoms with Crippen molar-refractivity contribution < 1.29 is 24.4 Å². The summed E-state index contributed by atoms with van der Waals surface area (Å²) in [6.45, 7) is 0.763. The highest BCUT2D eigenvalue weighted by Gasteiger charge is 2.30. The number of nitro groups is 1. The van der Waals surface area contributed by atoms with Gasteiger partial charge >= 0.3 is 5.97 Å². The molecule has 9 nitrogen and oxygen atoms in total. The van der Waals surface area contributed by atoms with Gasteiger partial charge in [0.2, 0.25) is 5.91 Å². The Labute approximate surface area is 119 Å². The lowest BCUT2D eigenvalue weighted by atomic mass is 10.1. The van der Waals surface area contributed by atoms with Gasteiger partial charge in [0.05, 0.1) is 18.1 Å². The Morgan fingerprint density at radius 3 is 2.76 bits per heavy atom. The number of nitrogens with zero attached hydrogens (tertiary/aromatic N) is 2. The van der Waals surface area contributed by atoms with E-state index in [0.29, 0.717) is 18.8 Å². The molecule has 1 heterocycles. The van der Waals surface area contributed by atoms with Crippen LogP contribution in [0.3, 0.4) is 0 Å². The molecule has 1 unspecified atom stereocenters. The van der Waals surface area contributed by atoms with Crippen LogP contribution in [0.2, 0.25) is 0 Å². The third kappa shape index (κ3) is 2.92. The Balaban J connectivity index is 2.43. The van der Waals surface area contributed by atoms with Gasteiger partial charge in [-0.3, -0.25) is 14.9 Å². The van der Waals surface area contributed by atoms with Crippen LogP contribution < -0.4 is 10.6 Å². The van der Waals surface area contributed by atoms with Gasteiger partial charge in [-0.1, -0.05) is 0 Å². The smallest absolute Gasteiger partial charge is 0.342 e. The van der Waals surface area contributed by atoms with E-state index in [1.54, 1.807) is 4.90 Å². The van der Waals surface area contributed by atoms with Crippen molar-refractivity contribution in [3.8, 4) is 0 Å². The highest BCUT2D eigenvalue weighted by molar-refractivity contribution is 5.93. The lowest BCUT2D eigenvalue weighted by molar-refractivity contribution is -0.385. The summed E-state index contributed by atoms with van der Waals surface area (Å²) in [5.74, 6) is -2.00. The number of carbonyl (C=O) groups excluding carboxylic acids is 1. The number of morpholine rings is 1. The second kappa shape index (κ2) is 5.75. The monoisotopic (exact) mass is 295 g/mol. The Hall–Kier alpha value is -2.68. The summed E-state index contributed by atoms with van der Waals surface area (Å²) in [4.78, 5) is 34.2. The van der Waals surface area contributed by atoms with Crippen LogP contribution in [-0.2, 0) is 9.53 Å². The van der Waals surface area contributed by atoms with E-state index in [1.165, 1.54) is 6.07 Å².